The number of benzene rings is 2. The fourth-order valence-electron chi connectivity index (χ4n) is 4.53. The molecule has 2 aromatic carbocycles. The van der Waals surface area contributed by atoms with Crippen LogP contribution < -0.4 is 10.6 Å². The van der Waals surface area contributed by atoms with Gasteiger partial charge in [0.25, 0.3) is 0 Å². The molecule has 1 aliphatic rings. The summed E-state index contributed by atoms with van der Waals surface area (Å²) < 4.78 is 10.9. The summed E-state index contributed by atoms with van der Waals surface area (Å²) in [5.41, 5.74) is 3.02. The van der Waals surface area contributed by atoms with Crippen molar-refractivity contribution in [3.8, 4) is 11.1 Å². The number of carbonyl (C=O) groups excluding carboxylic acids is 2. The number of nitrogens with one attached hydrogen (secondary N) is 2. The summed E-state index contributed by atoms with van der Waals surface area (Å²) in [5, 5.41) is 14.7. The van der Waals surface area contributed by atoms with Crippen LogP contribution in [0.4, 0.5) is 4.79 Å². The van der Waals surface area contributed by atoms with Crippen molar-refractivity contribution in [2.24, 2.45) is 5.92 Å². The Labute approximate surface area is 206 Å². The van der Waals surface area contributed by atoms with Gasteiger partial charge >= 0.3 is 12.1 Å². The molecule has 8 nitrogen and oxygen atoms in total. The molecule has 1 unspecified atom stereocenters. The molecule has 2 aromatic rings. The van der Waals surface area contributed by atoms with Gasteiger partial charge < -0.3 is 25.2 Å². The average Bonchev–Trinajstić information content (AvgIpc) is 3.15. The van der Waals surface area contributed by atoms with Gasteiger partial charge in [-0.25, -0.2) is 4.79 Å². The van der Waals surface area contributed by atoms with E-state index in [1.165, 1.54) is 7.11 Å². The zero-order valence-corrected chi connectivity index (χ0v) is 20.7. The lowest BCUT2D eigenvalue weighted by molar-refractivity contribution is -0.138. The maximum absolute atomic E-state index is 13.3. The third-order valence-electron chi connectivity index (χ3n) is 6.63. The van der Waals surface area contributed by atoms with Gasteiger partial charge in [0.1, 0.15) is 12.1 Å². The van der Waals surface area contributed by atoms with Gasteiger partial charge in [0.05, 0.1) is 13.0 Å². The minimum atomic E-state index is -1.40. The molecule has 35 heavy (non-hydrogen) atoms. The van der Waals surface area contributed by atoms with Crippen molar-refractivity contribution in [1.82, 2.24) is 10.6 Å². The molecule has 0 fully saturated rings. The van der Waals surface area contributed by atoms with Gasteiger partial charge in [-0.2, -0.15) is 0 Å². The van der Waals surface area contributed by atoms with Crippen molar-refractivity contribution in [3.63, 3.8) is 0 Å². The van der Waals surface area contributed by atoms with Crippen LogP contribution in [-0.4, -0.2) is 55.0 Å². The summed E-state index contributed by atoms with van der Waals surface area (Å²) in [4.78, 5) is 37.4. The van der Waals surface area contributed by atoms with Crippen LogP contribution in [-0.2, 0) is 19.1 Å². The zero-order valence-electron chi connectivity index (χ0n) is 20.7. The number of carbonyl (C=O) groups is 3. The van der Waals surface area contributed by atoms with Gasteiger partial charge in [0.2, 0.25) is 5.91 Å². The largest absolute Gasteiger partial charge is 0.481 e. The van der Waals surface area contributed by atoms with Crippen LogP contribution in [0.1, 0.15) is 50.7 Å². The Kier molecular flexibility index (Phi) is 8.51. The van der Waals surface area contributed by atoms with Gasteiger partial charge in [0.15, 0.2) is 0 Å². The molecule has 1 aliphatic carbocycles. The zero-order chi connectivity index (χ0) is 25.6. The highest BCUT2D eigenvalue weighted by atomic mass is 16.5. The van der Waals surface area contributed by atoms with Crippen molar-refractivity contribution in [1.29, 1.82) is 0 Å². The first-order valence-electron chi connectivity index (χ1n) is 11.9. The Morgan fingerprint density at radius 2 is 1.60 bits per heavy atom. The van der Waals surface area contributed by atoms with E-state index >= 15 is 0 Å². The first kappa shape index (κ1) is 26.2. The summed E-state index contributed by atoms with van der Waals surface area (Å²) in [6, 6.07) is 15.5. The van der Waals surface area contributed by atoms with Crippen LogP contribution in [0.15, 0.2) is 48.5 Å². The molecule has 0 heterocycles. The van der Waals surface area contributed by atoms with Gasteiger partial charge in [0, 0.05) is 19.1 Å². The molecular formula is C27H34N2O6. The van der Waals surface area contributed by atoms with Gasteiger partial charge in [-0.15, -0.1) is 0 Å². The van der Waals surface area contributed by atoms with Crippen molar-refractivity contribution in [2.45, 2.75) is 51.1 Å². The number of carboxylic acids is 1. The summed E-state index contributed by atoms with van der Waals surface area (Å²) in [5.74, 6) is -1.74. The molecule has 0 aromatic heterocycles. The van der Waals surface area contributed by atoms with Crippen LogP contribution in [0.2, 0.25) is 0 Å². The molecule has 0 saturated heterocycles. The molecular weight excluding hydrogens is 448 g/mol. The summed E-state index contributed by atoms with van der Waals surface area (Å²) in [7, 11) is 1.44. The molecule has 188 valence electrons. The maximum atomic E-state index is 13.3. The van der Waals surface area contributed by atoms with E-state index in [1.54, 1.807) is 6.92 Å². The van der Waals surface area contributed by atoms with E-state index in [0.717, 1.165) is 22.3 Å². The molecule has 0 aliphatic heterocycles. The predicted molar refractivity (Wildman–Crippen MR) is 132 cm³/mol. The molecule has 8 heteroatoms. The second-order valence-corrected chi connectivity index (χ2v) is 9.24. The lowest BCUT2D eigenvalue weighted by atomic mass is 9.93. The van der Waals surface area contributed by atoms with E-state index in [-0.39, 0.29) is 37.9 Å². The third-order valence-corrected chi connectivity index (χ3v) is 6.63. The highest BCUT2D eigenvalue weighted by Gasteiger charge is 2.41. The molecule has 0 spiro atoms. The number of alkyl carbamates (subject to hydrolysis) is 1. The van der Waals surface area contributed by atoms with Gasteiger partial charge in [-0.1, -0.05) is 69.3 Å². The summed E-state index contributed by atoms with van der Waals surface area (Å²) in [6.45, 7) is 5.44. The van der Waals surface area contributed by atoms with Crippen LogP contribution in [0, 0.1) is 5.92 Å². The van der Waals surface area contributed by atoms with Gasteiger partial charge in [-0.05, 0) is 34.6 Å². The normalized spacial score (nSPS) is 15.0. The number of fused-ring (bicyclic) bond motifs is 3. The number of amides is 2. The Hall–Kier alpha value is -3.39. The number of methoxy groups -OCH3 is 1. The van der Waals surface area contributed by atoms with E-state index in [9.17, 15) is 19.5 Å². The van der Waals surface area contributed by atoms with Crippen LogP contribution in [0.5, 0.6) is 0 Å². The van der Waals surface area contributed by atoms with Crippen LogP contribution in [0.3, 0.4) is 0 Å². The molecule has 3 rings (SSSR count). The van der Waals surface area contributed by atoms with Gasteiger partial charge in [-0.3, -0.25) is 9.59 Å². The molecule has 3 N–H and O–H groups in total. The molecule has 0 saturated carbocycles. The minimum absolute atomic E-state index is 0.0859. The first-order valence-corrected chi connectivity index (χ1v) is 11.9. The van der Waals surface area contributed by atoms with Crippen LogP contribution in [0.25, 0.3) is 11.1 Å². The van der Waals surface area contributed by atoms with Crippen LogP contribution >= 0.6 is 0 Å². The Bertz CT molecular complexity index is 1020. The Balaban J connectivity index is 1.73. The number of hydrogen-bond donors (Lipinski definition) is 3. The Morgan fingerprint density at radius 1 is 1.03 bits per heavy atom. The minimum Gasteiger partial charge on any atom is -0.481 e. The highest BCUT2D eigenvalue weighted by molar-refractivity contribution is 5.90. The number of aliphatic carboxylic acids is 1. The smallest absolute Gasteiger partial charge is 0.408 e. The predicted octanol–water partition coefficient (Wildman–Crippen LogP) is 3.94. The fraction of sp³-hybridized carbons (Fsp3) is 0.444. The second kappa shape index (κ2) is 11.4. The number of hydrogen-bond acceptors (Lipinski definition) is 5. The average molecular weight is 483 g/mol. The second-order valence-electron chi connectivity index (χ2n) is 9.24. The SMILES string of the molecule is CCC(COC)(NC(=O)OCC1c2ccccc2-c2ccccc21)C(=O)N[C@@H](CC(=O)O)C(C)C. The van der Waals surface area contributed by atoms with E-state index in [1.807, 2.05) is 50.2 Å². The highest BCUT2D eigenvalue weighted by Crippen LogP contribution is 2.44. The van der Waals surface area contributed by atoms with E-state index in [4.69, 9.17) is 9.47 Å². The number of rotatable bonds is 11. The lowest BCUT2D eigenvalue weighted by Gasteiger charge is -2.34. The monoisotopic (exact) mass is 482 g/mol. The molecule has 2 atom stereocenters. The molecule has 2 amide bonds. The first-order chi connectivity index (χ1) is 16.7. The number of ether oxygens (including phenoxy) is 2. The summed E-state index contributed by atoms with van der Waals surface area (Å²) in [6.07, 6.45) is -0.726. The lowest BCUT2D eigenvalue weighted by Crippen LogP contribution is -2.63. The molecule has 0 bridgehead atoms. The topological polar surface area (TPSA) is 114 Å². The maximum Gasteiger partial charge on any atom is 0.408 e. The standard InChI is InChI=1S/C27H34N2O6/c1-5-27(16-34-4,25(32)28-23(17(2)3)14-24(30)31)29-26(33)35-15-22-20-12-8-6-10-18(20)19-11-7-9-13-21(19)22/h6-13,17,22-23H,5,14-16H2,1-4H3,(H,28,32)(H,29,33)(H,30,31)/t23-,27?/m0/s1. The van der Waals surface area contributed by atoms with E-state index in [2.05, 4.69) is 22.8 Å². The van der Waals surface area contributed by atoms with Crippen molar-refractivity contribution < 1.29 is 29.0 Å². The fourth-order valence-corrected chi connectivity index (χ4v) is 4.53. The quantitative estimate of drug-likeness (QED) is 0.447. The third kappa shape index (κ3) is 5.82. The van der Waals surface area contributed by atoms with Crippen molar-refractivity contribution in [3.05, 3.63) is 59.7 Å². The Morgan fingerprint density at radius 3 is 2.09 bits per heavy atom. The van der Waals surface area contributed by atoms with Crippen molar-refractivity contribution in [2.75, 3.05) is 20.3 Å². The number of carboxylic acid groups (broad SMARTS) is 1. The van der Waals surface area contributed by atoms with E-state index in [0.29, 0.717) is 0 Å². The van der Waals surface area contributed by atoms with E-state index < -0.39 is 29.6 Å². The molecule has 0 radical (unpaired) electrons. The van der Waals surface area contributed by atoms with Crippen molar-refractivity contribution >= 4 is 18.0 Å². The summed E-state index contributed by atoms with van der Waals surface area (Å²) >= 11 is 0.